The van der Waals surface area contributed by atoms with Crippen molar-refractivity contribution in [2.24, 2.45) is 0 Å². The molecule has 128 valence electrons. The quantitative estimate of drug-likeness (QED) is 0.728. The van der Waals surface area contributed by atoms with Crippen LogP contribution in [0.4, 0.5) is 4.39 Å². The number of aliphatic hydroxyl groups excluding tert-OH is 1. The van der Waals surface area contributed by atoms with E-state index in [1.54, 1.807) is 6.92 Å². The molecular weight excluding hydrogens is 330 g/mol. The largest absolute Gasteiger partial charge is 0.508 e. The number of ether oxygens (including phenoxy) is 1. The second-order valence-corrected chi connectivity index (χ2v) is 6.61. The van der Waals surface area contributed by atoms with E-state index in [1.807, 2.05) is 0 Å². The zero-order chi connectivity index (χ0) is 17.1. The van der Waals surface area contributed by atoms with Crippen LogP contribution in [0.25, 0.3) is 0 Å². The zero-order valence-corrected chi connectivity index (χ0v) is 13.7. The molecule has 3 unspecified atom stereocenters. The number of alkyl halides is 1. The van der Waals surface area contributed by atoms with Gasteiger partial charge >= 0.3 is 13.7 Å². The minimum Gasteiger partial charge on any atom is -0.387 e. The molecule has 1 aliphatic heterocycles. The smallest absolute Gasteiger partial charge is 0.387 e. The molecule has 0 amide bonds. The van der Waals surface area contributed by atoms with Crippen molar-refractivity contribution in [1.82, 2.24) is 9.55 Å². The number of hydrogen-bond acceptors (Lipinski definition) is 6. The number of nitrogens with zero attached hydrogens (tertiary/aromatic N) is 1. The van der Waals surface area contributed by atoms with E-state index < -0.39 is 43.9 Å². The predicted octanol–water partition coefficient (Wildman–Crippen LogP) is 0.610. The van der Waals surface area contributed by atoms with E-state index in [-0.39, 0.29) is 18.1 Å². The molecule has 10 heteroatoms. The summed E-state index contributed by atoms with van der Waals surface area (Å²) >= 11 is 0. The molecule has 8 nitrogen and oxygen atoms in total. The Bertz CT molecular complexity index is 690. The minimum absolute atomic E-state index is 0.115. The summed E-state index contributed by atoms with van der Waals surface area (Å²) in [6, 6.07) is 0. The van der Waals surface area contributed by atoms with Gasteiger partial charge in [0.2, 0.25) is 0 Å². The Morgan fingerprint density at radius 3 is 2.87 bits per heavy atom. The van der Waals surface area contributed by atoms with Gasteiger partial charge in [0.15, 0.2) is 18.6 Å². The molecule has 2 rings (SSSR count). The molecule has 0 saturated carbocycles. The van der Waals surface area contributed by atoms with Gasteiger partial charge in [-0.15, -0.1) is 4.52 Å². The van der Waals surface area contributed by atoms with E-state index >= 15 is 0 Å². The lowest BCUT2D eigenvalue weighted by atomic mass is 10.1. The molecule has 0 radical (unpaired) electrons. The van der Waals surface area contributed by atoms with Crippen LogP contribution in [0.3, 0.4) is 0 Å². The van der Waals surface area contributed by atoms with Gasteiger partial charge in [0, 0.05) is 18.2 Å². The number of aromatic amines is 1. The maximum atomic E-state index is 14.3. The van der Waals surface area contributed by atoms with Crippen LogP contribution < -0.4 is 11.2 Å². The van der Waals surface area contributed by atoms with Gasteiger partial charge in [-0.3, -0.25) is 14.3 Å². The third-order valence-corrected chi connectivity index (χ3v) is 4.75. The maximum Gasteiger partial charge on any atom is 0.508 e. The van der Waals surface area contributed by atoms with Crippen molar-refractivity contribution < 1.29 is 23.3 Å². The highest BCUT2D eigenvalue weighted by molar-refractivity contribution is 7.39. The van der Waals surface area contributed by atoms with Crippen LogP contribution in [0, 0.1) is 6.92 Å². The SMILES string of the molecule is CCO[P+](=O)CCC1OC(n2cc(C)c(=O)[nH]c2=O)[C@H](F)[C@@H]1O. The number of H-pyrrole nitrogens is 1. The second-order valence-electron chi connectivity index (χ2n) is 5.24. The molecule has 0 spiro atoms. The van der Waals surface area contributed by atoms with E-state index in [0.29, 0.717) is 6.61 Å². The Kier molecular flexibility index (Phi) is 5.80. The summed E-state index contributed by atoms with van der Waals surface area (Å²) < 4.78 is 37.0. The standard InChI is InChI=1S/C13H18FN2O6P/c1-3-21-23(20)5-4-8-10(17)9(14)12(22-8)16-6-7(2)11(18)15-13(16)19/h6,8-10,12,17H,3-5H2,1-2H3/p+1/t8?,9-,10-,12?/m1/s1. The van der Waals surface area contributed by atoms with Crippen LogP contribution >= 0.6 is 8.03 Å². The third-order valence-electron chi connectivity index (χ3n) is 3.58. The topological polar surface area (TPSA) is 111 Å². The van der Waals surface area contributed by atoms with Crippen molar-refractivity contribution in [2.75, 3.05) is 12.8 Å². The molecule has 1 aromatic rings. The first-order valence-corrected chi connectivity index (χ1v) is 8.58. The van der Waals surface area contributed by atoms with Crippen LogP contribution in [-0.4, -0.2) is 45.8 Å². The first-order chi connectivity index (χ1) is 10.8. The Balaban J connectivity index is 2.14. The van der Waals surface area contributed by atoms with Gasteiger partial charge in [0.1, 0.15) is 6.10 Å². The van der Waals surface area contributed by atoms with Gasteiger partial charge in [-0.1, -0.05) is 0 Å². The monoisotopic (exact) mass is 349 g/mol. The molecule has 1 aliphatic rings. The number of rotatable bonds is 6. The van der Waals surface area contributed by atoms with Crippen LogP contribution in [0.15, 0.2) is 15.8 Å². The molecule has 0 aromatic carbocycles. The first kappa shape index (κ1) is 17.9. The molecule has 1 fully saturated rings. The summed E-state index contributed by atoms with van der Waals surface area (Å²) in [5.41, 5.74) is -1.16. The number of nitrogens with one attached hydrogen (secondary N) is 1. The van der Waals surface area contributed by atoms with Gasteiger partial charge in [0.05, 0.1) is 12.7 Å². The summed E-state index contributed by atoms with van der Waals surface area (Å²) in [6.07, 6.45) is -4.11. The summed E-state index contributed by atoms with van der Waals surface area (Å²) in [4.78, 5) is 25.2. The lowest BCUT2D eigenvalue weighted by Crippen LogP contribution is -2.36. The normalized spacial score (nSPS) is 28.1. The lowest BCUT2D eigenvalue weighted by molar-refractivity contribution is -0.0279. The molecule has 1 saturated heterocycles. The van der Waals surface area contributed by atoms with E-state index in [2.05, 4.69) is 4.98 Å². The fourth-order valence-corrected chi connectivity index (χ4v) is 3.26. The Morgan fingerprint density at radius 2 is 2.22 bits per heavy atom. The highest BCUT2D eigenvalue weighted by Gasteiger charge is 2.46. The van der Waals surface area contributed by atoms with Crippen molar-refractivity contribution in [2.45, 2.75) is 44.9 Å². The number of aliphatic hydroxyl groups is 1. The number of halogens is 1. The Morgan fingerprint density at radius 1 is 1.52 bits per heavy atom. The number of hydrogen-bond donors (Lipinski definition) is 2. The molecule has 0 bridgehead atoms. The van der Waals surface area contributed by atoms with Gasteiger partial charge in [-0.05, 0) is 18.4 Å². The zero-order valence-electron chi connectivity index (χ0n) is 12.8. The Hall–Kier alpha value is -1.41. The van der Waals surface area contributed by atoms with Gasteiger partial charge in [-0.2, -0.15) is 0 Å². The lowest BCUT2D eigenvalue weighted by Gasteiger charge is -2.16. The Labute approximate surface area is 132 Å². The fourth-order valence-electron chi connectivity index (χ4n) is 2.38. The predicted molar refractivity (Wildman–Crippen MR) is 79.6 cm³/mol. The van der Waals surface area contributed by atoms with Crippen LogP contribution in [-0.2, 0) is 13.8 Å². The molecular formula is C13H19FN2O6P+. The third kappa shape index (κ3) is 3.92. The minimum atomic E-state index is -1.89. The van der Waals surface area contributed by atoms with Crippen molar-refractivity contribution >= 4 is 8.03 Å². The van der Waals surface area contributed by atoms with Crippen molar-refractivity contribution in [3.05, 3.63) is 32.6 Å². The number of aryl methyl sites for hydroxylation is 1. The maximum absolute atomic E-state index is 14.3. The van der Waals surface area contributed by atoms with Crippen LogP contribution in [0.5, 0.6) is 0 Å². The first-order valence-electron chi connectivity index (χ1n) is 7.22. The molecule has 23 heavy (non-hydrogen) atoms. The molecule has 0 aliphatic carbocycles. The van der Waals surface area contributed by atoms with E-state index in [9.17, 15) is 23.7 Å². The average molecular weight is 349 g/mol. The van der Waals surface area contributed by atoms with Gasteiger partial charge in [0.25, 0.3) is 5.56 Å². The van der Waals surface area contributed by atoms with E-state index in [4.69, 9.17) is 9.26 Å². The average Bonchev–Trinajstić information content (AvgIpc) is 2.77. The molecule has 2 N–H and O–H groups in total. The molecule has 5 atom stereocenters. The number of aromatic nitrogens is 2. The molecule has 1 aromatic heterocycles. The summed E-state index contributed by atoms with van der Waals surface area (Å²) in [5, 5.41) is 9.92. The van der Waals surface area contributed by atoms with Crippen molar-refractivity contribution in [3.63, 3.8) is 0 Å². The van der Waals surface area contributed by atoms with Crippen molar-refractivity contribution in [1.29, 1.82) is 0 Å². The van der Waals surface area contributed by atoms with Crippen molar-refractivity contribution in [3.8, 4) is 0 Å². The molecule has 2 heterocycles. The van der Waals surface area contributed by atoms with Gasteiger partial charge in [-0.25, -0.2) is 9.18 Å². The van der Waals surface area contributed by atoms with Crippen LogP contribution in [0.2, 0.25) is 0 Å². The fraction of sp³-hybridized carbons (Fsp3) is 0.692. The second kappa shape index (κ2) is 7.44. The van der Waals surface area contributed by atoms with Crippen LogP contribution in [0.1, 0.15) is 25.1 Å². The van der Waals surface area contributed by atoms with Gasteiger partial charge < -0.3 is 9.84 Å². The highest BCUT2D eigenvalue weighted by Crippen LogP contribution is 2.34. The van der Waals surface area contributed by atoms with E-state index in [1.165, 1.54) is 13.1 Å². The summed E-state index contributed by atoms with van der Waals surface area (Å²) in [6.45, 7) is 3.47. The summed E-state index contributed by atoms with van der Waals surface area (Å²) in [7, 11) is -1.89. The van der Waals surface area contributed by atoms with E-state index in [0.717, 1.165) is 4.57 Å². The highest BCUT2D eigenvalue weighted by atomic mass is 31.1. The summed E-state index contributed by atoms with van der Waals surface area (Å²) in [5.74, 6) is 0.